The molecule has 0 bridgehead atoms. The molecular weight excluding hydrogens is 567 g/mol. The van der Waals surface area contributed by atoms with Gasteiger partial charge in [-0.2, -0.15) is 13.2 Å². The smallest absolute Gasteiger partial charge is 0.389 e. The van der Waals surface area contributed by atoms with Crippen molar-refractivity contribution >= 4 is 27.5 Å². The number of fused-ring (bicyclic) bond motifs is 1. The molecular formula is C27H42F3N3O7S. The van der Waals surface area contributed by atoms with E-state index >= 15 is 0 Å². The number of nitrogens with zero attached hydrogens (tertiary/aromatic N) is 2. The number of likely N-dealkylation sites (N-methyl/N-ethyl adjacent to an activating group) is 1. The molecule has 1 aliphatic rings. The van der Waals surface area contributed by atoms with E-state index < -0.39 is 53.0 Å². The normalized spacial score (nSPS) is 22.4. The van der Waals surface area contributed by atoms with Crippen LogP contribution in [0.5, 0.6) is 5.75 Å². The van der Waals surface area contributed by atoms with Gasteiger partial charge < -0.3 is 24.8 Å². The molecule has 1 aromatic rings. The topological polar surface area (TPSA) is 125 Å². The van der Waals surface area contributed by atoms with Gasteiger partial charge in [0.15, 0.2) is 0 Å². The molecule has 1 aliphatic heterocycles. The zero-order chi connectivity index (χ0) is 31.0. The third-order valence-electron chi connectivity index (χ3n) is 6.97. The standard InChI is InChI=1S/C27H42F3N3O7S/c1-18-15-33(19(2)17-34)26(36)22-14-21(31-25(35)11-12-27(28,29)30)9-10-23(22)40-20(3)8-6-7-13-39-24(18)16-32(4)41(5,37)38/h9-10,14,18-20,24,34H,6-8,11-13,15-17H2,1-5H3,(H,31,35)/t18-,19-,20+,24-/m1/s1. The first-order chi connectivity index (χ1) is 19.0. The Kier molecular flexibility index (Phi) is 12.9. The van der Waals surface area contributed by atoms with Crippen LogP contribution in [0.1, 0.15) is 63.2 Å². The number of ether oxygens (including phenoxy) is 2. The minimum absolute atomic E-state index is 0.0692. The second-order valence-electron chi connectivity index (χ2n) is 10.7. The molecule has 2 amide bonds. The van der Waals surface area contributed by atoms with E-state index in [-0.39, 0.29) is 48.7 Å². The number of anilines is 1. The lowest BCUT2D eigenvalue weighted by atomic mass is 10.0. The van der Waals surface area contributed by atoms with Crippen molar-refractivity contribution < 1.29 is 45.8 Å². The van der Waals surface area contributed by atoms with Crippen molar-refractivity contribution in [3.05, 3.63) is 23.8 Å². The maximum atomic E-state index is 14.0. The molecule has 0 aromatic heterocycles. The second kappa shape index (κ2) is 15.2. The van der Waals surface area contributed by atoms with Gasteiger partial charge in [0.25, 0.3) is 5.91 Å². The highest BCUT2D eigenvalue weighted by atomic mass is 32.2. The van der Waals surface area contributed by atoms with Crippen LogP contribution in [0.3, 0.4) is 0 Å². The van der Waals surface area contributed by atoms with Gasteiger partial charge in [0.1, 0.15) is 5.75 Å². The van der Waals surface area contributed by atoms with Crippen molar-refractivity contribution in [2.75, 3.05) is 44.9 Å². The molecule has 0 spiro atoms. The van der Waals surface area contributed by atoms with Gasteiger partial charge in [-0.05, 0) is 51.3 Å². The molecule has 14 heteroatoms. The number of aliphatic hydroxyl groups is 1. The molecule has 0 aliphatic carbocycles. The SMILES string of the molecule is C[C@@H]1CN([C@H](C)CO)C(=O)c2cc(NC(=O)CCC(F)(F)F)ccc2O[C@@H](C)CCCCO[C@@H]1CN(C)S(C)(=O)=O. The zero-order valence-electron chi connectivity index (χ0n) is 24.2. The summed E-state index contributed by atoms with van der Waals surface area (Å²) in [6.45, 7) is 5.50. The molecule has 41 heavy (non-hydrogen) atoms. The lowest BCUT2D eigenvalue weighted by Gasteiger charge is -2.35. The lowest BCUT2D eigenvalue weighted by Crippen LogP contribution is -2.47. The predicted molar refractivity (Wildman–Crippen MR) is 148 cm³/mol. The first-order valence-corrected chi connectivity index (χ1v) is 15.5. The highest BCUT2D eigenvalue weighted by Crippen LogP contribution is 2.29. The fourth-order valence-corrected chi connectivity index (χ4v) is 4.75. The van der Waals surface area contributed by atoms with E-state index in [1.165, 1.54) is 34.5 Å². The third kappa shape index (κ3) is 11.4. The molecule has 234 valence electrons. The highest BCUT2D eigenvalue weighted by molar-refractivity contribution is 7.88. The van der Waals surface area contributed by atoms with Crippen molar-refractivity contribution in [3.8, 4) is 5.75 Å². The fourth-order valence-electron chi connectivity index (χ4n) is 4.33. The van der Waals surface area contributed by atoms with Gasteiger partial charge in [0.2, 0.25) is 15.9 Å². The first kappa shape index (κ1) is 34.8. The Balaban J connectivity index is 2.46. The fraction of sp³-hybridized carbons (Fsp3) is 0.704. The van der Waals surface area contributed by atoms with Crippen LogP contribution in [0.15, 0.2) is 18.2 Å². The number of alkyl halides is 3. The van der Waals surface area contributed by atoms with E-state index in [9.17, 15) is 36.3 Å². The summed E-state index contributed by atoms with van der Waals surface area (Å²) in [5.41, 5.74) is 0.197. The van der Waals surface area contributed by atoms with E-state index in [2.05, 4.69) is 5.32 Å². The minimum Gasteiger partial charge on any atom is -0.490 e. The number of sulfonamides is 1. The van der Waals surface area contributed by atoms with Crippen LogP contribution in [-0.2, 0) is 19.6 Å². The molecule has 0 saturated carbocycles. The number of halogens is 3. The number of hydrogen-bond acceptors (Lipinski definition) is 7. The molecule has 1 heterocycles. The van der Waals surface area contributed by atoms with Crippen LogP contribution in [0, 0.1) is 5.92 Å². The summed E-state index contributed by atoms with van der Waals surface area (Å²) < 4.78 is 75.3. The monoisotopic (exact) mass is 609 g/mol. The Hall–Kier alpha value is -2.42. The maximum Gasteiger partial charge on any atom is 0.389 e. The number of hydrogen-bond donors (Lipinski definition) is 2. The van der Waals surface area contributed by atoms with E-state index in [1.807, 2.05) is 13.8 Å². The average Bonchev–Trinajstić information content (AvgIpc) is 2.88. The molecule has 2 rings (SSSR count). The number of aliphatic hydroxyl groups excluding tert-OH is 1. The number of nitrogens with one attached hydrogen (secondary N) is 1. The van der Waals surface area contributed by atoms with Crippen LogP contribution in [0.25, 0.3) is 0 Å². The average molecular weight is 610 g/mol. The van der Waals surface area contributed by atoms with Crippen molar-refractivity contribution in [3.63, 3.8) is 0 Å². The zero-order valence-corrected chi connectivity index (χ0v) is 25.1. The lowest BCUT2D eigenvalue weighted by molar-refractivity contribution is -0.142. The van der Waals surface area contributed by atoms with Crippen LogP contribution in [-0.4, -0.2) is 98.6 Å². The largest absolute Gasteiger partial charge is 0.490 e. The summed E-state index contributed by atoms with van der Waals surface area (Å²) >= 11 is 0. The van der Waals surface area contributed by atoms with Gasteiger partial charge in [0, 0.05) is 44.8 Å². The van der Waals surface area contributed by atoms with E-state index in [0.29, 0.717) is 19.4 Å². The summed E-state index contributed by atoms with van der Waals surface area (Å²) in [5, 5.41) is 12.4. The maximum absolute atomic E-state index is 14.0. The van der Waals surface area contributed by atoms with Gasteiger partial charge in [-0.1, -0.05) is 6.92 Å². The van der Waals surface area contributed by atoms with Gasteiger partial charge in [-0.25, -0.2) is 12.7 Å². The number of carbonyl (C=O) groups excluding carboxylic acids is 2. The molecule has 0 saturated heterocycles. The summed E-state index contributed by atoms with van der Waals surface area (Å²) in [5.74, 6) is -1.50. The van der Waals surface area contributed by atoms with Crippen molar-refractivity contribution in [2.45, 2.75) is 77.3 Å². The Morgan fingerprint density at radius 2 is 1.95 bits per heavy atom. The van der Waals surface area contributed by atoms with Crippen LogP contribution in [0.4, 0.5) is 18.9 Å². The molecule has 0 fully saturated rings. The molecule has 4 atom stereocenters. The van der Waals surface area contributed by atoms with Crippen molar-refractivity contribution in [1.29, 1.82) is 0 Å². The third-order valence-corrected chi connectivity index (χ3v) is 8.26. The minimum atomic E-state index is -4.48. The summed E-state index contributed by atoms with van der Waals surface area (Å²) in [6.07, 6.45) is -4.20. The van der Waals surface area contributed by atoms with Gasteiger partial charge >= 0.3 is 6.18 Å². The summed E-state index contributed by atoms with van der Waals surface area (Å²) in [6, 6.07) is 3.66. The number of amides is 2. The number of carbonyl (C=O) groups is 2. The van der Waals surface area contributed by atoms with Gasteiger partial charge in [0.05, 0.1) is 43.1 Å². The van der Waals surface area contributed by atoms with Crippen LogP contribution in [0.2, 0.25) is 0 Å². The number of rotatable bonds is 8. The molecule has 1 aromatic carbocycles. The second-order valence-corrected chi connectivity index (χ2v) is 12.8. The first-order valence-electron chi connectivity index (χ1n) is 13.6. The Labute approximate surface area is 240 Å². The molecule has 0 radical (unpaired) electrons. The number of benzene rings is 1. The highest BCUT2D eigenvalue weighted by Gasteiger charge is 2.32. The van der Waals surface area contributed by atoms with Crippen molar-refractivity contribution in [1.82, 2.24) is 9.21 Å². The Bertz CT molecular complexity index is 1130. The van der Waals surface area contributed by atoms with E-state index in [0.717, 1.165) is 12.7 Å². The Morgan fingerprint density at radius 1 is 1.27 bits per heavy atom. The molecule has 10 nitrogen and oxygen atoms in total. The summed E-state index contributed by atoms with van der Waals surface area (Å²) in [7, 11) is -2.03. The molecule has 0 unspecified atom stereocenters. The van der Waals surface area contributed by atoms with Gasteiger partial charge in [-0.3, -0.25) is 9.59 Å². The van der Waals surface area contributed by atoms with Crippen molar-refractivity contribution in [2.24, 2.45) is 5.92 Å². The summed E-state index contributed by atoms with van der Waals surface area (Å²) in [4.78, 5) is 27.6. The quantitative estimate of drug-likeness (QED) is 0.461. The Morgan fingerprint density at radius 3 is 2.56 bits per heavy atom. The molecule has 2 N–H and O–H groups in total. The van der Waals surface area contributed by atoms with Crippen LogP contribution < -0.4 is 10.1 Å². The van der Waals surface area contributed by atoms with E-state index in [1.54, 1.807) is 6.92 Å². The van der Waals surface area contributed by atoms with E-state index in [4.69, 9.17) is 9.47 Å². The van der Waals surface area contributed by atoms with Crippen LogP contribution >= 0.6 is 0 Å². The predicted octanol–water partition coefficient (Wildman–Crippen LogP) is 3.65. The van der Waals surface area contributed by atoms with Gasteiger partial charge in [-0.15, -0.1) is 0 Å².